The number of amides is 2. The van der Waals surface area contributed by atoms with Crippen molar-refractivity contribution in [2.45, 2.75) is 25.9 Å². The highest BCUT2D eigenvalue weighted by Crippen LogP contribution is 2.34. The van der Waals surface area contributed by atoms with Gasteiger partial charge in [0, 0.05) is 6.07 Å². The summed E-state index contributed by atoms with van der Waals surface area (Å²) >= 11 is 1.13. The molecule has 0 aliphatic heterocycles. The van der Waals surface area contributed by atoms with Gasteiger partial charge in [-0.1, -0.05) is 30.3 Å². The minimum Gasteiger partial charge on any atom is -0.368 e. The molecule has 0 saturated carbocycles. The lowest BCUT2D eigenvalue weighted by Gasteiger charge is -2.35. The fraction of sp³-hybridized carbons (Fsp3) is 0.190. The van der Waals surface area contributed by atoms with Gasteiger partial charge in [-0.15, -0.1) is 11.3 Å². The van der Waals surface area contributed by atoms with Crippen LogP contribution in [0.2, 0.25) is 0 Å². The van der Waals surface area contributed by atoms with Gasteiger partial charge in [-0.2, -0.15) is 0 Å². The van der Waals surface area contributed by atoms with Gasteiger partial charge in [0.05, 0.1) is 17.2 Å². The van der Waals surface area contributed by atoms with Crippen LogP contribution in [0.15, 0.2) is 54.0 Å². The molecule has 150 valence electrons. The van der Waals surface area contributed by atoms with E-state index in [2.05, 4.69) is 4.98 Å². The van der Waals surface area contributed by atoms with E-state index < -0.39 is 35.5 Å². The summed E-state index contributed by atoms with van der Waals surface area (Å²) in [6.07, 6.45) is 0. The van der Waals surface area contributed by atoms with Crippen LogP contribution in [0.1, 0.15) is 45.5 Å². The van der Waals surface area contributed by atoms with Crippen LogP contribution >= 0.6 is 11.3 Å². The van der Waals surface area contributed by atoms with Crippen molar-refractivity contribution >= 4 is 23.2 Å². The second kappa shape index (κ2) is 8.48. The second-order valence-corrected chi connectivity index (χ2v) is 7.43. The molecule has 0 unspecified atom stereocenters. The number of nitrogens with zero attached hydrogens (tertiary/aromatic N) is 2. The summed E-state index contributed by atoms with van der Waals surface area (Å²) in [7, 11) is 0. The summed E-state index contributed by atoms with van der Waals surface area (Å²) in [6, 6.07) is 9.61. The van der Waals surface area contributed by atoms with Gasteiger partial charge in [0.1, 0.15) is 22.6 Å². The molecular formula is C21H19F2N3O2S. The molecule has 29 heavy (non-hydrogen) atoms. The quantitative estimate of drug-likeness (QED) is 0.657. The average molecular weight is 415 g/mol. The molecule has 1 aromatic heterocycles. The van der Waals surface area contributed by atoms with E-state index in [1.54, 1.807) is 44.2 Å². The van der Waals surface area contributed by atoms with Crippen molar-refractivity contribution in [1.29, 1.82) is 0 Å². The highest BCUT2D eigenvalue weighted by molar-refractivity contribution is 7.11. The first-order valence-corrected chi connectivity index (χ1v) is 9.70. The fourth-order valence-electron chi connectivity index (χ4n) is 3.22. The van der Waals surface area contributed by atoms with Crippen LogP contribution in [0, 0.1) is 18.6 Å². The van der Waals surface area contributed by atoms with E-state index >= 15 is 0 Å². The minimum atomic E-state index is -1.13. The average Bonchev–Trinajstić information content (AvgIpc) is 3.10. The zero-order chi connectivity index (χ0) is 21.1. The van der Waals surface area contributed by atoms with Crippen LogP contribution in [0.3, 0.4) is 0 Å². The Morgan fingerprint density at radius 1 is 1.07 bits per heavy atom. The van der Waals surface area contributed by atoms with E-state index in [1.165, 1.54) is 10.4 Å². The van der Waals surface area contributed by atoms with Crippen LogP contribution in [-0.2, 0) is 4.79 Å². The van der Waals surface area contributed by atoms with Gasteiger partial charge in [0.25, 0.3) is 5.91 Å². The molecular weight excluding hydrogens is 396 g/mol. The molecule has 8 heteroatoms. The molecule has 5 nitrogen and oxygen atoms in total. The van der Waals surface area contributed by atoms with Crippen LogP contribution < -0.4 is 5.73 Å². The van der Waals surface area contributed by atoms with Gasteiger partial charge in [-0.25, -0.2) is 13.8 Å². The molecule has 0 aliphatic rings. The number of hydrogen-bond donors (Lipinski definition) is 1. The first-order chi connectivity index (χ1) is 13.8. The van der Waals surface area contributed by atoms with E-state index in [1.807, 2.05) is 0 Å². The van der Waals surface area contributed by atoms with E-state index in [0.29, 0.717) is 16.1 Å². The Hall–Kier alpha value is -3.13. The third kappa shape index (κ3) is 4.32. The van der Waals surface area contributed by atoms with Crippen molar-refractivity contribution in [3.8, 4) is 0 Å². The Morgan fingerprint density at radius 3 is 2.21 bits per heavy atom. The van der Waals surface area contributed by atoms with Crippen molar-refractivity contribution in [2.75, 3.05) is 0 Å². The summed E-state index contributed by atoms with van der Waals surface area (Å²) < 4.78 is 27.7. The Morgan fingerprint density at radius 2 is 1.69 bits per heavy atom. The van der Waals surface area contributed by atoms with Gasteiger partial charge < -0.3 is 10.6 Å². The van der Waals surface area contributed by atoms with E-state index in [-0.39, 0.29) is 5.56 Å². The molecule has 0 fully saturated rings. The summed E-state index contributed by atoms with van der Waals surface area (Å²) in [6.45, 7) is 3.28. The number of benzene rings is 2. The topological polar surface area (TPSA) is 76.3 Å². The highest BCUT2D eigenvalue weighted by Gasteiger charge is 2.36. The summed E-state index contributed by atoms with van der Waals surface area (Å²) in [5.41, 5.74) is 8.41. The first kappa shape index (κ1) is 20.6. The van der Waals surface area contributed by atoms with Crippen LogP contribution in [0.5, 0.6) is 0 Å². The predicted octanol–water partition coefficient (Wildman–Crippen LogP) is 4.16. The number of rotatable bonds is 6. The molecule has 2 atom stereocenters. The Bertz CT molecular complexity index is 1020. The predicted molar refractivity (Wildman–Crippen MR) is 106 cm³/mol. The number of primary amides is 1. The summed E-state index contributed by atoms with van der Waals surface area (Å²) in [5, 5.41) is 0. The van der Waals surface area contributed by atoms with Gasteiger partial charge in [-0.3, -0.25) is 9.59 Å². The normalized spacial score (nSPS) is 13.0. The van der Waals surface area contributed by atoms with E-state index in [9.17, 15) is 18.4 Å². The number of nitrogens with two attached hydrogens (primary N) is 1. The summed E-state index contributed by atoms with van der Waals surface area (Å²) in [5.74, 6) is -2.79. The lowest BCUT2D eigenvalue weighted by Crippen LogP contribution is -2.43. The molecule has 2 amide bonds. The summed E-state index contributed by atoms with van der Waals surface area (Å²) in [4.78, 5) is 31.5. The van der Waals surface area contributed by atoms with Gasteiger partial charge in [0.15, 0.2) is 0 Å². The maximum atomic E-state index is 13.8. The standard InChI is InChI=1S/C21H19F2N3O2S/c1-12-19(29-11-25-12)21(28)26(13(2)15-8-16(22)10-17(23)9-15)18(20(24)27)14-6-4-3-5-7-14/h3-11,13,18H,1-2H3,(H2,24,27)/t13-,18-/m1/s1. The van der Waals surface area contributed by atoms with Gasteiger partial charge in [-0.05, 0) is 37.1 Å². The second-order valence-electron chi connectivity index (χ2n) is 6.57. The van der Waals surface area contributed by atoms with Gasteiger partial charge in [0.2, 0.25) is 5.91 Å². The number of thiazole rings is 1. The lowest BCUT2D eigenvalue weighted by atomic mass is 9.98. The lowest BCUT2D eigenvalue weighted by molar-refractivity contribution is -0.123. The molecule has 0 radical (unpaired) electrons. The zero-order valence-electron chi connectivity index (χ0n) is 15.8. The maximum absolute atomic E-state index is 13.8. The molecule has 2 N–H and O–H groups in total. The van der Waals surface area contributed by atoms with Crippen LogP contribution in [-0.4, -0.2) is 21.7 Å². The molecule has 3 rings (SSSR count). The molecule has 2 aromatic carbocycles. The van der Waals surface area contributed by atoms with Crippen molar-refractivity contribution in [1.82, 2.24) is 9.88 Å². The fourth-order valence-corrected chi connectivity index (χ4v) is 3.96. The van der Waals surface area contributed by atoms with Crippen molar-refractivity contribution < 1.29 is 18.4 Å². The monoisotopic (exact) mass is 415 g/mol. The SMILES string of the molecule is Cc1ncsc1C(=O)N([C@H](C)c1cc(F)cc(F)c1)[C@@H](C(N)=O)c1ccccc1. The first-order valence-electron chi connectivity index (χ1n) is 8.82. The van der Waals surface area contributed by atoms with Crippen LogP contribution in [0.4, 0.5) is 8.78 Å². The van der Waals surface area contributed by atoms with Crippen molar-refractivity contribution in [3.63, 3.8) is 0 Å². The Kier molecular flexibility index (Phi) is 6.03. The maximum Gasteiger partial charge on any atom is 0.267 e. The molecule has 0 spiro atoms. The number of halogens is 2. The van der Waals surface area contributed by atoms with E-state index in [0.717, 1.165) is 29.5 Å². The number of carbonyl (C=O) groups excluding carboxylic acids is 2. The van der Waals surface area contributed by atoms with Gasteiger partial charge >= 0.3 is 0 Å². The third-order valence-corrected chi connectivity index (χ3v) is 5.54. The molecule has 0 saturated heterocycles. The molecule has 3 aromatic rings. The largest absolute Gasteiger partial charge is 0.368 e. The van der Waals surface area contributed by atoms with E-state index in [4.69, 9.17) is 5.73 Å². The van der Waals surface area contributed by atoms with Crippen LogP contribution in [0.25, 0.3) is 0 Å². The third-order valence-electron chi connectivity index (χ3n) is 4.62. The highest BCUT2D eigenvalue weighted by atomic mass is 32.1. The minimum absolute atomic E-state index is 0.209. The van der Waals surface area contributed by atoms with Crippen molar-refractivity contribution in [3.05, 3.63) is 87.4 Å². The molecule has 1 heterocycles. The number of carbonyl (C=O) groups is 2. The Labute approximate surface area is 170 Å². The Balaban J connectivity index is 2.16. The molecule has 0 aliphatic carbocycles. The number of aromatic nitrogens is 1. The van der Waals surface area contributed by atoms with Crippen molar-refractivity contribution in [2.24, 2.45) is 5.73 Å². The smallest absolute Gasteiger partial charge is 0.267 e. The number of hydrogen-bond acceptors (Lipinski definition) is 4. The molecule has 0 bridgehead atoms. The number of aryl methyl sites for hydroxylation is 1. The zero-order valence-corrected chi connectivity index (χ0v) is 16.6.